The van der Waals surface area contributed by atoms with Crippen LogP contribution in [0.2, 0.25) is 10.0 Å². The van der Waals surface area contributed by atoms with E-state index < -0.39 is 0 Å². The summed E-state index contributed by atoms with van der Waals surface area (Å²) in [5.74, 6) is -0.196. The number of carbonyl (C=O) groups is 1. The molecule has 0 saturated carbocycles. The van der Waals surface area contributed by atoms with Crippen LogP contribution in [-0.4, -0.2) is 16.1 Å². The van der Waals surface area contributed by atoms with Crippen LogP contribution in [0.3, 0.4) is 0 Å². The lowest BCUT2D eigenvalue weighted by Crippen LogP contribution is -2.22. The Morgan fingerprint density at radius 1 is 1.45 bits per heavy atom. The molecule has 0 spiro atoms. The average Bonchev–Trinajstić information content (AvgIpc) is 2.86. The highest BCUT2D eigenvalue weighted by Crippen LogP contribution is 2.34. The number of hydrogen-bond acceptors (Lipinski definition) is 5. The summed E-state index contributed by atoms with van der Waals surface area (Å²) in [6.45, 7) is 1.79. The molecular formula is C12H11Cl2N3OS2. The van der Waals surface area contributed by atoms with E-state index in [1.54, 1.807) is 25.3 Å². The maximum absolute atomic E-state index is 12.1. The summed E-state index contributed by atoms with van der Waals surface area (Å²) < 4.78 is 0.835. The van der Waals surface area contributed by atoms with Crippen LogP contribution < -0.4 is 11.1 Å². The van der Waals surface area contributed by atoms with Gasteiger partial charge in [0.05, 0.1) is 21.0 Å². The van der Waals surface area contributed by atoms with E-state index in [4.69, 9.17) is 28.9 Å². The van der Waals surface area contributed by atoms with Gasteiger partial charge in [-0.15, -0.1) is 11.3 Å². The summed E-state index contributed by atoms with van der Waals surface area (Å²) >= 11 is 14.9. The summed E-state index contributed by atoms with van der Waals surface area (Å²) in [5, 5.41) is 4.89. The fourth-order valence-corrected chi connectivity index (χ4v) is 3.78. The number of benzene rings is 1. The van der Waals surface area contributed by atoms with Crippen molar-refractivity contribution >= 4 is 63.6 Å². The molecule has 2 rings (SSSR count). The molecule has 0 aliphatic rings. The van der Waals surface area contributed by atoms with Crippen LogP contribution in [0.1, 0.15) is 6.92 Å². The number of thiazole rings is 1. The zero-order valence-electron chi connectivity index (χ0n) is 10.4. The molecule has 8 heteroatoms. The number of thioether (sulfide) groups is 1. The largest absolute Gasteiger partial charge is 0.399 e. The second-order valence-electron chi connectivity index (χ2n) is 3.91. The normalized spacial score (nSPS) is 12.2. The van der Waals surface area contributed by atoms with Crippen LogP contribution in [0.15, 0.2) is 28.0 Å². The molecule has 106 valence electrons. The van der Waals surface area contributed by atoms with Crippen molar-refractivity contribution in [2.75, 3.05) is 11.1 Å². The Kier molecular flexibility index (Phi) is 5.15. The van der Waals surface area contributed by atoms with E-state index in [0.717, 1.165) is 4.34 Å². The molecular weight excluding hydrogens is 337 g/mol. The molecule has 1 unspecified atom stereocenters. The first kappa shape index (κ1) is 15.4. The molecule has 0 aliphatic heterocycles. The van der Waals surface area contributed by atoms with Gasteiger partial charge in [-0.3, -0.25) is 4.79 Å². The number of carbonyl (C=O) groups excluding carboxylic acids is 1. The van der Waals surface area contributed by atoms with Crippen molar-refractivity contribution in [2.45, 2.75) is 16.5 Å². The fraction of sp³-hybridized carbons (Fsp3) is 0.167. The van der Waals surface area contributed by atoms with Gasteiger partial charge in [-0.25, -0.2) is 4.98 Å². The molecule has 1 heterocycles. The second-order valence-corrected chi connectivity index (χ2v) is 7.20. The van der Waals surface area contributed by atoms with Crippen molar-refractivity contribution in [3.8, 4) is 0 Å². The number of anilines is 2. The lowest BCUT2D eigenvalue weighted by molar-refractivity contribution is -0.115. The molecule has 1 aromatic heterocycles. The number of nitrogens with two attached hydrogens (primary N) is 1. The third-order valence-corrected chi connectivity index (χ3v) is 4.98. The number of nitrogens with one attached hydrogen (secondary N) is 1. The molecule has 20 heavy (non-hydrogen) atoms. The Morgan fingerprint density at radius 3 is 2.65 bits per heavy atom. The number of nitrogen functional groups attached to an aromatic ring is 1. The summed E-state index contributed by atoms with van der Waals surface area (Å²) in [5.41, 5.74) is 6.44. The van der Waals surface area contributed by atoms with Crippen molar-refractivity contribution in [1.82, 2.24) is 4.98 Å². The number of rotatable bonds is 4. The first-order valence-electron chi connectivity index (χ1n) is 5.59. The van der Waals surface area contributed by atoms with Gasteiger partial charge in [-0.05, 0) is 19.1 Å². The molecule has 0 bridgehead atoms. The highest BCUT2D eigenvalue weighted by molar-refractivity contribution is 8.02. The standard InChI is InChI=1S/C12H11Cl2N3OS2/c1-6(20-12-16-2-3-19-12)11(18)17-10-8(13)4-7(15)5-9(10)14/h2-6H,15H2,1H3,(H,17,18). The maximum atomic E-state index is 12.1. The molecule has 3 N–H and O–H groups in total. The van der Waals surface area contributed by atoms with Gasteiger partial charge in [-0.1, -0.05) is 35.0 Å². The van der Waals surface area contributed by atoms with Gasteiger partial charge in [-0.2, -0.15) is 0 Å². The highest BCUT2D eigenvalue weighted by Gasteiger charge is 2.18. The highest BCUT2D eigenvalue weighted by atomic mass is 35.5. The minimum absolute atomic E-state index is 0.196. The third-order valence-electron chi connectivity index (χ3n) is 2.37. The third kappa shape index (κ3) is 3.79. The molecule has 4 nitrogen and oxygen atoms in total. The van der Waals surface area contributed by atoms with E-state index in [9.17, 15) is 4.79 Å². The Labute approximate surface area is 134 Å². The first-order valence-corrected chi connectivity index (χ1v) is 8.10. The smallest absolute Gasteiger partial charge is 0.237 e. The van der Waals surface area contributed by atoms with Gasteiger partial charge in [0.1, 0.15) is 0 Å². The molecule has 0 fully saturated rings. The zero-order chi connectivity index (χ0) is 14.7. The quantitative estimate of drug-likeness (QED) is 0.643. The predicted octanol–water partition coefficient (Wildman–Crippen LogP) is 4.15. The van der Waals surface area contributed by atoms with E-state index in [-0.39, 0.29) is 11.2 Å². The van der Waals surface area contributed by atoms with Gasteiger partial charge in [0, 0.05) is 17.3 Å². The van der Waals surface area contributed by atoms with Crippen molar-refractivity contribution in [1.29, 1.82) is 0 Å². The van der Waals surface area contributed by atoms with Crippen molar-refractivity contribution in [3.05, 3.63) is 33.8 Å². The topological polar surface area (TPSA) is 68.0 Å². The van der Waals surface area contributed by atoms with Crippen LogP contribution >= 0.6 is 46.3 Å². The van der Waals surface area contributed by atoms with E-state index in [2.05, 4.69) is 10.3 Å². The SMILES string of the molecule is CC(Sc1nccs1)C(=O)Nc1c(Cl)cc(N)cc1Cl. The molecule has 1 atom stereocenters. The second kappa shape index (κ2) is 6.67. The first-order chi connectivity index (χ1) is 9.47. The predicted molar refractivity (Wildman–Crippen MR) is 86.9 cm³/mol. The molecule has 0 radical (unpaired) electrons. The minimum Gasteiger partial charge on any atom is -0.399 e. The average molecular weight is 348 g/mol. The van der Waals surface area contributed by atoms with Gasteiger partial charge >= 0.3 is 0 Å². The van der Waals surface area contributed by atoms with Crippen molar-refractivity contribution in [2.24, 2.45) is 0 Å². The Morgan fingerprint density at radius 2 is 2.10 bits per heavy atom. The van der Waals surface area contributed by atoms with Crippen LogP contribution in [0.5, 0.6) is 0 Å². The summed E-state index contributed by atoms with van der Waals surface area (Å²) in [6.07, 6.45) is 1.70. The van der Waals surface area contributed by atoms with Gasteiger partial charge in [0.15, 0.2) is 4.34 Å². The lowest BCUT2D eigenvalue weighted by Gasteiger charge is -2.13. The van der Waals surface area contributed by atoms with Gasteiger partial charge in [0.2, 0.25) is 5.91 Å². The summed E-state index contributed by atoms with van der Waals surface area (Å²) in [4.78, 5) is 16.2. The van der Waals surface area contributed by atoms with Crippen LogP contribution in [0.25, 0.3) is 0 Å². The number of halogens is 2. The molecule has 0 saturated heterocycles. The van der Waals surface area contributed by atoms with E-state index >= 15 is 0 Å². The van der Waals surface area contributed by atoms with E-state index in [1.807, 2.05) is 5.38 Å². The number of aromatic nitrogens is 1. The maximum Gasteiger partial charge on any atom is 0.237 e. The Hall–Kier alpha value is -0.950. The van der Waals surface area contributed by atoms with Gasteiger partial charge in [0.25, 0.3) is 0 Å². The Bertz CT molecular complexity index is 596. The summed E-state index contributed by atoms with van der Waals surface area (Å²) in [7, 11) is 0. The zero-order valence-corrected chi connectivity index (χ0v) is 13.5. The minimum atomic E-state index is -0.314. The summed E-state index contributed by atoms with van der Waals surface area (Å²) in [6, 6.07) is 3.09. The molecule has 1 aromatic carbocycles. The van der Waals surface area contributed by atoms with Crippen molar-refractivity contribution < 1.29 is 4.79 Å². The molecule has 2 aromatic rings. The number of nitrogens with zero attached hydrogens (tertiary/aromatic N) is 1. The fourth-order valence-electron chi connectivity index (χ4n) is 1.41. The van der Waals surface area contributed by atoms with Crippen LogP contribution in [0, 0.1) is 0 Å². The van der Waals surface area contributed by atoms with Crippen LogP contribution in [0.4, 0.5) is 11.4 Å². The number of amides is 1. The van der Waals surface area contributed by atoms with Gasteiger partial charge < -0.3 is 11.1 Å². The monoisotopic (exact) mass is 347 g/mol. The van der Waals surface area contributed by atoms with E-state index in [1.165, 1.54) is 23.1 Å². The van der Waals surface area contributed by atoms with Crippen molar-refractivity contribution in [3.63, 3.8) is 0 Å². The van der Waals surface area contributed by atoms with Crippen LogP contribution in [-0.2, 0) is 4.79 Å². The van der Waals surface area contributed by atoms with E-state index in [0.29, 0.717) is 21.4 Å². The molecule has 0 aliphatic carbocycles. The Balaban J connectivity index is 2.08. The number of hydrogen-bond donors (Lipinski definition) is 2. The molecule has 1 amide bonds. The lowest BCUT2D eigenvalue weighted by atomic mass is 10.2.